The van der Waals surface area contributed by atoms with Gasteiger partial charge in [0.05, 0.1) is 11.1 Å². The van der Waals surface area contributed by atoms with Crippen LogP contribution in [0.4, 0.5) is 0 Å². The predicted molar refractivity (Wildman–Crippen MR) is 100 cm³/mol. The summed E-state index contributed by atoms with van der Waals surface area (Å²) >= 11 is 0. The van der Waals surface area contributed by atoms with Gasteiger partial charge in [0.15, 0.2) is 0 Å². The molecule has 6 nitrogen and oxygen atoms in total. The zero-order valence-corrected chi connectivity index (χ0v) is 15.3. The van der Waals surface area contributed by atoms with Gasteiger partial charge in [0, 0.05) is 37.1 Å². The summed E-state index contributed by atoms with van der Waals surface area (Å²) in [6.45, 7) is 1.27. The van der Waals surface area contributed by atoms with Crippen LogP contribution in [0.25, 0.3) is 10.9 Å². The molecule has 1 aliphatic rings. The molecule has 1 amide bonds. The number of fused-ring (bicyclic) bond motifs is 1. The summed E-state index contributed by atoms with van der Waals surface area (Å²) in [4.78, 5) is 32.5. The third-order valence-corrected chi connectivity index (χ3v) is 5.25. The molecule has 1 N–H and O–H groups in total. The highest BCUT2D eigenvalue weighted by Gasteiger charge is 2.33. The lowest BCUT2D eigenvalue weighted by Gasteiger charge is -2.41. The lowest BCUT2D eigenvalue weighted by atomic mass is 9.87. The Hall–Kier alpha value is -2.47. The van der Waals surface area contributed by atoms with E-state index in [1.54, 1.807) is 12.3 Å². The van der Waals surface area contributed by atoms with Crippen LogP contribution < -0.4 is 0 Å². The number of piperidine rings is 1. The van der Waals surface area contributed by atoms with E-state index in [-0.39, 0.29) is 18.2 Å². The molecule has 2 atom stereocenters. The Bertz CT molecular complexity index is 800. The van der Waals surface area contributed by atoms with Crippen molar-refractivity contribution in [2.45, 2.75) is 25.3 Å². The minimum absolute atomic E-state index is 0.00105. The lowest BCUT2D eigenvalue weighted by Crippen LogP contribution is -2.50. The minimum Gasteiger partial charge on any atom is -0.481 e. The summed E-state index contributed by atoms with van der Waals surface area (Å²) in [7, 11) is 4.04. The summed E-state index contributed by atoms with van der Waals surface area (Å²) < 4.78 is 0. The molecule has 0 unspecified atom stereocenters. The van der Waals surface area contributed by atoms with E-state index in [1.165, 1.54) is 0 Å². The van der Waals surface area contributed by atoms with Gasteiger partial charge in [-0.1, -0.05) is 18.2 Å². The normalized spacial score (nSPS) is 20.5. The van der Waals surface area contributed by atoms with Crippen molar-refractivity contribution in [2.75, 3.05) is 27.2 Å². The molecule has 2 aromatic rings. The van der Waals surface area contributed by atoms with Gasteiger partial charge in [-0.2, -0.15) is 0 Å². The number of benzene rings is 1. The molecule has 3 rings (SSSR count). The molecular weight excluding hydrogens is 330 g/mol. The highest BCUT2D eigenvalue weighted by atomic mass is 16.4. The zero-order chi connectivity index (χ0) is 18.7. The Morgan fingerprint density at radius 2 is 2.04 bits per heavy atom. The van der Waals surface area contributed by atoms with Gasteiger partial charge >= 0.3 is 5.97 Å². The van der Waals surface area contributed by atoms with Crippen molar-refractivity contribution in [1.82, 2.24) is 14.8 Å². The molecule has 0 saturated carbocycles. The molecule has 0 aliphatic carbocycles. The van der Waals surface area contributed by atoms with Crippen molar-refractivity contribution in [3.05, 3.63) is 42.1 Å². The van der Waals surface area contributed by atoms with Crippen LogP contribution in [-0.4, -0.2) is 65.0 Å². The number of hydrogen-bond acceptors (Lipinski definition) is 4. The first-order chi connectivity index (χ1) is 12.5. The average molecular weight is 355 g/mol. The predicted octanol–water partition coefficient (Wildman–Crippen LogP) is 2.49. The molecule has 1 aromatic heterocycles. The Morgan fingerprint density at radius 1 is 1.27 bits per heavy atom. The third-order valence-electron chi connectivity index (χ3n) is 5.25. The summed E-state index contributed by atoms with van der Waals surface area (Å²) in [6, 6.07) is 9.72. The van der Waals surface area contributed by atoms with E-state index in [9.17, 15) is 9.59 Å². The van der Waals surface area contributed by atoms with Gasteiger partial charge in [0.1, 0.15) is 0 Å². The van der Waals surface area contributed by atoms with Gasteiger partial charge < -0.3 is 14.9 Å². The number of para-hydroxylation sites is 1. The van der Waals surface area contributed by atoms with Crippen molar-refractivity contribution < 1.29 is 14.7 Å². The Balaban J connectivity index is 1.82. The number of nitrogens with zero attached hydrogens (tertiary/aromatic N) is 3. The molecule has 6 heteroatoms. The van der Waals surface area contributed by atoms with Crippen molar-refractivity contribution in [1.29, 1.82) is 0 Å². The topological polar surface area (TPSA) is 73.7 Å². The number of hydrogen-bond donors (Lipinski definition) is 1. The summed E-state index contributed by atoms with van der Waals surface area (Å²) in [6.07, 6.45) is 3.24. The van der Waals surface area contributed by atoms with Crippen LogP contribution in [0.5, 0.6) is 0 Å². The van der Waals surface area contributed by atoms with E-state index in [1.807, 2.05) is 43.3 Å². The molecule has 0 spiro atoms. The van der Waals surface area contributed by atoms with Gasteiger partial charge in [0.25, 0.3) is 5.91 Å². The minimum atomic E-state index is -0.786. The van der Waals surface area contributed by atoms with Crippen molar-refractivity contribution in [3.63, 3.8) is 0 Å². The number of carboxylic acid groups (broad SMARTS) is 1. The van der Waals surface area contributed by atoms with Crippen LogP contribution in [0, 0.1) is 5.92 Å². The van der Waals surface area contributed by atoms with Crippen molar-refractivity contribution >= 4 is 22.8 Å². The molecule has 2 heterocycles. The first kappa shape index (κ1) is 18.3. The fourth-order valence-corrected chi connectivity index (χ4v) is 3.93. The van der Waals surface area contributed by atoms with E-state index in [4.69, 9.17) is 5.11 Å². The Labute approximate surface area is 153 Å². The molecule has 1 aliphatic heterocycles. The van der Waals surface area contributed by atoms with Crippen molar-refractivity contribution in [2.24, 2.45) is 5.92 Å². The second kappa shape index (κ2) is 7.83. The number of carbonyl (C=O) groups is 2. The molecule has 0 bridgehead atoms. The van der Waals surface area contributed by atoms with Crippen LogP contribution in [0.2, 0.25) is 0 Å². The summed E-state index contributed by atoms with van der Waals surface area (Å²) in [5.74, 6) is -0.626. The summed E-state index contributed by atoms with van der Waals surface area (Å²) in [5, 5.41) is 9.90. The van der Waals surface area contributed by atoms with Crippen LogP contribution in [-0.2, 0) is 4.79 Å². The van der Waals surface area contributed by atoms with E-state index in [2.05, 4.69) is 9.88 Å². The monoisotopic (exact) mass is 355 g/mol. The fraction of sp³-hybridized carbons (Fsp3) is 0.450. The number of rotatable bonds is 5. The maximum atomic E-state index is 13.1. The van der Waals surface area contributed by atoms with Crippen LogP contribution in [0.1, 0.15) is 29.6 Å². The molecule has 1 fully saturated rings. The SMILES string of the molecule is CN(C)[C@@H]1CCN(C(=O)c2ccnc3ccccc23)C[C@@H]1CCC(=O)O. The van der Waals surface area contributed by atoms with Crippen LogP contribution in [0.3, 0.4) is 0 Å². The number of likely N-dealkylation sites (tertiary alicyclic amines) is 1. The molecule has 1 saturated heterocycles. The largest absolute Gasteiger partial charge is 0.481 e. The van der Waals surface area contributed by atoms with E-state index < -0.39 is 5.97 Å². The average Bonchev–Trinajstić information content (AvgIpc) is 2.65. The first-order valence-corrected chi connectivity index (χ1v) is 8.98. The molecule has 0 radical (unpaired) electrons. The molecule has 1 aromatic carbocycles. The highest BCUT2D eigenvalue weighted by molar-refractivity contribution is 6.06. The highest BCUT2D eigenvalue weighted by Crippen LogP contribution is 2.27. The number of aromatic nitrogens is 1. The van der Waals surface area contributed by atoms with Crippen LogP contribution >= 0.6 is 0 Å². The maximum absolute atomic E-state index is 13.1. The number of pyridine rings is 1. The van der Waals surface area contributed by atoms with E-state index in [0.29, 0.717) is 31.1 Å². The quantitative estimate of drug-likeness (QED) is 0.892. The van der Waals surface area contributed by atoms with Crippen LogP contribution in [0.15, 0.2) is 36.5 Å². The van der Waals surface area contributed by atoms with Gasteiger partial charge in [-0.15, -0.1) is 0 Å². The Morgan fingerprint density at radius 3 is 2.77 bits per heavy atom. The smallest absolute Gasteiger partial charge is 0.303 e. The molecule has 26 heavy (non-hydrogen) atoms. The number of carboxylic acids is 1. The molecular formula is C20H25N3O3. The van der Waals surface area contributed by atoms with Gasteiger partial charge in [-0.05, 0) is 45.0 Å². The van der Waals surface area contributed by atoms with Gasteiger partial charge in [-0.25, -0.2) is 0 Å². The van der Waals surface area contributed by atoms with E-state index >= 15 is 0 Å². The standard InChI is InChI=1S/C20H25N3O3/c1-22(2)18-10-12-23(13-14(18)7-8-19(24)25)20(26)16-9-11-21-17-6-4-3-5-15(16)17/h3-6,9,11,14,18H,7-8,10,12-13H2,1-2H3,(H,24,25)/t14-,18+/m0/s1. The van der Waals surface area contributed by atoms with Gasteiger partial charge in [0.2, 0.25) is 0 Å². The first-order valence-electron chi connectivity index (χ1n) is 8.98. The van der Waals surface area contributed by atoms with E-state index in [0.717, 1.165) is 17.3 Å². The Kier molecular flexibility index (Phi) is 5.52. The second-order valence-corrected chi connectivity index (χ2v) is 7.14. The zero-order valence-electron chi connectivity index (χ0n) is 15.3. The maximum Gasteiger partial charge on any atom is 0.303 e. The van der Waals surface area contributed by atoms with Gasteiger partial charge in [-0.3, -0.25) is 14.6 Å². The number of carbonyl (C=O) groups excluding carboxylic acids is 1. The lowest BCUT2D eigenvalue weighted by molar-refractivity contribution is -0.137. The fourth-order valence-electron chi connectivity index (χ4n) is 3.93. The number of amides is 1. The number of aliphatic carboxylic acids is 1. The molecule has 138 valence electrons. The third kappa shape index (κ3) is 3.85. The summed E-state index contributed by atoms with van der Waals surface area (Å²) in [5.41, 5.74) is 1.47. The van der Waals surface area contributed by atoms with Crippen molar-refractivity contribution in [3.8, 4) is 0 Å². The second-order valence-electron chi connectivity index (χ2n) is 7.14.